The third-order valence-corrected chi connectivity index (χ3v) is 8.89. The zero-order valence-corrected chi connectivity index (χ0v) is 28.9. The molecule has 1 heterocycles. The Labute approximate surface area is 285 Å². The summed E-state index contributed by atoms with van der Waals surface area (Å²) in [6, 6.07) is 12.2. The lowest BCUT2D eigenvalue weighted by Gasteiger charge is -2.32. The molecule has 0 spiro atoms. The van der Waals surface area contributed by atoms with Crippen LogP contribution in [-0.2, 0) is 21.7 Å². The van der Waals surface area contributed by atoms with E-state index in [9.17, 15) is 43.9 Å². The first-order valence-electron chi connectivity index (χ1n) is 15.4. The maximum Gasteiger partial charge on any atom is 0.495 e. The maximum absolute atomic E-state index is 13.6. The van der Waals surface area contributed by atoms with Crippen LogP contribution in [0.4, 0.5) is 43.9 Å². The minimum Gasteiger partial charge on any atom is -0.399 e. The summed E-state index contributed by atoms with van der Waals surface area (Å²) in [6.07, 6.45) is -8.81. The average Bonchev–Trinajstić information content (AvgIpc) is 3.21. The predicted octanol–water partition coefficient (Wildman–Crippen LogP) is 11.2. The van der Waals surface area contributed by atoms with Gasteiger partial charge in [-0.15, -0.1) is 0 Å². The van der Waals surface area contributed by atoms with Crippen LogP contribution in [0.5, 0.6) is 0 Å². The van der Waals surface area contributed by atoms with Crippen molar-refractivity contribution in [1.29, 1.82) is 0 Å². The highest BCUT2D eigenvalue weighted by Gasteiger charge is 2.52. The van der Waals surface area contributed by atoms with Gasteiger partial charge in [-0.2, -0.15) is 26.3 Å². The number of aryl methyl sites for hydroxylation is 2. The predicted molar refractivity (Wildman–Crippen MR) is 174 cm³/mol. The van der Waals surface area contributed by atoms with Crippen molar-refractivity contribution in [2.45, 2.75) is 85.9 Å². The second-order valence-corrected chi connectivity index (χ2v) is 13.0. The highest BCUT2D eigenvalue weighted by molar-refractivity contribution is 6.62. The Balaban J connectivity index is 0.000000209. The van der Waals surface area contributed by atoms with Crippen LogP contribution in [0.3, 0.4) is 0 Å². The van der Waals surface area contributed by atoms with E-state index in [0.717, 1.165) is 24.3 Å². The van der Waals surface area contributed by atoms with Crippen LogP contribution in [0.25, 0.3) is 11.1 Å². The largest absolute Gasteiger partial charge is 0.495 e. The summed E-state index contributed by atoms with van der Waals surface area (Å²) in [5, 5.41) is 0. The molecular formula is C37H37BF10O2. The van der Waals surface area contributed by atoms with Gasteiger partial charge < -0.3 is 9.31 Å². The number of hydrogen-bond acceptors (Lipinski definition) is 2. The topological polar surface area (TPSA) is 18.5 Å². The molecule has 0 radical (unpaired) electrons. The van der Waals surface area contributed by atoms with Crippen molar-refractivity contribution in [2.24, 2.45) is 0 Å². The summed E-state index contributed by atoms with van der Waals surface area (Å²) in [5.74, 6) is -2.90. The van der Waals surface area contributed by atoms with Gasteiger partial charge in [-0.05, 0) is 132 Å². The van der Waals surface area contributed by atoms with Gasteiger partial charge in [0.15, 0.2) is 0 Å². The molecule has 0 aromatic heterocycles. The van der Waals surface area contributed by atoms with Crippen LogP contribution in [-0.4, -0.2) is 18.3 Å². The Bertz CT molecular complexity index is 1780. The van der Waals surface area contributed by atoms with Crippen LogP contribution in [0.2, 0.25) is 0 Å². The lowest BCUT2D eigenvalue weighted by Crippen LogP contribution is -2.41. The second-order valence-electron chi connectivity index (χ2n) is 13.0. The first-order chi connectivity index (χ1) is 22.8. The smallest absolute Gasteiger partial charge is 0.399 e. The van der Waals surface area contributed by atoms with Crippen molar-refractivity contribution in [3.05, 3.63) is 123 Å². The van der Waals surface area contributed by atoms with Gasteiger partial charge >= 0.3 is 19.5 Å². The van der Waals surface area contributed by atoms with Crippen LogP contribution in [0, 0.1) is 57.9 Å². The van der Waals surface area contributed by atoms with Crippen molar-refractivity contribution in [1.82, 2.24) is 0 Å². The van der Waals surface area contributed by atoms with Crippen LogP contribution < -0.4 is 5.46 Å². The molecule has 0 saturated carbocycles. The number of benzene rings is 4. The summed E-state index contributed by atoms with van der Waals surface area (Å²) in [6.45, 7) is 14.8. The minimum absolute atomic E-state index is 0.00951. The van der Waals surface area contributed by atoms with E-state index in [4.69, 9.17) is 9.31 Å². The molecular weight excluding hydrogens is 677 g/mol. The van der Waals surface area contributed by atoms with Gasteiger partial charge in [0.1, 0.15) is 23.3 Å². The minimum atomic E-state index is -4.58. The number of hydrogen-bond donors (Lipinski definition) is 0. The quantitative estimate of drug-likeness (QED) is 0.152. The SMILES string of the molecule is Cc1c(F)cc(B2OC(C)(C)C(C)(C)O2)cc1F.Cc1cccc(C(F)(F)F)c1-c1cc(F)c(C)c(F)c1.Cc1cccc(C(F)(F)F)c1C. The van der Waals surface area contributed by atoms with Gasteiger partial charge in [-0.3, -0.25) is 0 Å². The Morgan fingerprint density at radius 3 is 1.30 bits per heavy atom. The monoisotopic (exact) mass is 714 g/mol. The fourth-order valence-corrected chi connectivity index (χ4v) is 4.92. The van der Waals surface area contributed by atoms with Crippen molar-refractivity contribution < 1.29 is 53.2 Å². The summed E-state index contributed by atoms with van der Waals surface area (Å²) in [5.41, 5.74) is -1.33. The Hall–Kier alpha value is -3.84. The number of rotatable bonds is 2. The van der Waals surface area contributed by atoms with E-state index in [1.807, 2.05) is 27.7 Å². The van der Waals surface area contributed by atoms with Crippen LogP contribution >= 0.6 is 0 Å². The first-order valence-corrected chi connectivity index (χ1v) is 15.4. The van der Waals surface area contributed by atoms with Gasteiger partial charge in [0, 0.05) is 11.1 Å². The first kappa shape index (κ1) is 40.6. The van der Waals surface area contributed by atoms with Crippen molar-refractivity contribution in [3.63, 3.8) is 0 Å². The van der Waals surface area contributed by atoms with E-state index in [1.165, 1.54) is 58.0 Å². The van der Waals surface area contributed by atoms with Gasteiger partial charge in [0.25, 0.3) is 0 Å². The van der Waals surface area contributed by atoms with Gasteiger partial charge in [0.05, 0.1) is 22.3 Å². The number of alkyl halides is 6. The second kappa shape index (κ2) is 14.8. The third kappa shape index (κ3) is 9.09. The van der Waals surface area contributed by atoms with E-state index in [1.54, 1.807) is 13.0 Å². The molecule has 5 rings (SSSR count). The standard InChI is InChI=1S/C15H11F5.C13H17BF2O2.C9H9F3/c1-8-4-3-5-11(15(18,19)20)14(8)10-6-12(16)9(2)13(17)7-10;1-8-10(15)6-9(7-11(8)16)14-17-12(2,3)13(4,5)18-14;1-6-4-3-5-8(7(6)2)9(10,11)12/h3-7H,1-2H3;6-7H,1-5H3;3-5H,1-2H3. The van der Waals surface area contributed by atoms with E-state index in [-0.39, 0.29) is 22.3 Å². The van der Waals surface area contributed by atoms with Gasteiger partial charge in [0.2, 0.25) is 0 Å². The van der Waals surface area contributed by atoms with Crippen molar-refractivity contribution >= 4 is 12.6 Å². The molecule has 0 atom stereocenters. The maximum atomic E-state index is 13.6. The number of halogens is 10. The zero-order chi connectivity index (χ0) is 38.1. The summed E-state index contributed by atoms with van der Waals surface area (Å²) in [4.78, 5) is 0. The summed E-state index contributed by atoms with van der Waals surface area (Å²) >= 11 is 0. The zero-order valence-electron chi connectivity index (χ0n) is 28.9. The molecule has 1 fully saturated rings. The molecule has 0 bridgehead atoms. The molecule has 50 heavy (non-hydrogen) atoms. The van der Waals surface area contributed by atoms with E-state index >= 15 is 0 Å². The highest BCUT2D eigenvalue weighted by atomic mass is 19.4. The van der Waals surface area contributed by atoms with Gasteiger partial charge in [-0.1, -0.05) is 24.3 Å². The molecule has 4 aromatic rings. The van der Waals surface area contributed by atoms with Crippen LogP contribution in [0.15, 0.2) is 60.7 Å². The molecule has 0 unspecified atom stereocenters. The van der Waals surface area contributed by atoms with Crippen molar-refractivity contribution in [3.8, 4) is 11.1 Å². The van der Waals surface area contributed by atoms with Crippen molar-refractivity contribution in [2.75, 3.05) is 0 Å². The Morgan fingerprint density at radius 2 is 0.900 bits per heavy atom. The molecule has 13 heteroatoms. The Kier molecular flexibility index (Phi) is 12.0. The fraction of sp³-hybridized carbons (Fsp3) is 0.351. The molecule has 0 N–H and O–H groups in total. The van der Waals surface area contributed by atoms with E-state index in [0.29, 0.717) is 22.2 Å². The fourth-order valence-electron chi connectivity index (χ4n) is 4.92. The molecule has 0 aliphatic carbocycles. The summed E-state index contributed by atoms with van der Waals surface area (Å²) in [7, 11) is -0.736. The highest BCUT2D eigenvalue weighted by Crippen LogP contribution is 2.40. The normalized spacial score (nSPS) is 15.2. The molecule has 270 valence electrons. The molecule has 1 aliphatic heterocycles. The van der Waals surface area contributed by atoms with E-state index in [2.05, 4.69) is 0 Å². The van der Waals surface area contributed by atoms with Crippen LogP contribution in [0.1, 0.15) is 66.6 Å². The molecule has 1 saturated heterocycles. The Morgan fingerprint density at radius 1 is 0.520 bits per heavy atom. The third-order valence-electron chi connectivity index (χ3n) is 8.89. The lowest BCUT2D eigenvalue weighted by molar-refractivity contribution is -0.138. The molecule has 1 aliphatic rings. The van der Waals surface area contributed by atoms with Gasteiger partial charge in [-0.25, -0.2) is 17.6 Å². The lowest BCUT2D eigenvalue weighted by atomic mass is 9.78. The average molecular weight is 714 g/mol. The molecule has 4 aromatic carbocycles. The molecule has 0 amide bonds. The summed E-state index contributed by atoms with van der Waals surface area (Å²) < 4.78 is 141. The molecule has 2 nitrogen and oxygen atoms in total. The van der Waals surface area contributed by atoms with E-state index < -0.39 is 65.1 Å².